The minimum Gasteiger partial charge on any atom is -0.382 e. The van der Waals surface area contributed by atoms with E-state index in [0.717, 1.165) is 43.8 Å². The van der Waals surface area contributed by atoms with E-state index >= 15 is 0 Å². The molecular weight excluding hydrogens is 238 g/mol. The van der Waals surface area contributed by atoms with Gasteiger partial charge in [-0.15, -0.1) is 0 Å². The summed E-state index contributed by atoms with van der Waals surface area (Å²) in [6.07, 6.45) is 2.81. The van der Waals surface area contributed by atoms with Crippen LogP contribution in [0.5, 0.6) is 0 Å². The molecule has 0 saturated carbocycles. The van der Waals surface area contributed by atoms with Gasteiger partial charge in [0.25, 0.3) is 0 Å². The van der Waals surface area contributed by atoms with E-state index < -0.39 is 0 Å². The molecular formula is C15H23N3O. The Morgan fingerprint density at radius 3 is 2.89 bits per heavy atom. The Morgan fingerprint density at radius 2 is 2.16 bits per heavy atom. The minimum atomic E-state index is 0.149. The molecule has 1 aromatic carbocycles. The number of para-hydroxylation sites is 2. The first-order chi connectivity index (χ1) is 9.22. The Balaban J connectivity index is 1.95. The van der Waals surface area contributed by atoms with Crippen LogP contribution >= 0.6 is 0 Å². The van der Waals surface area contributed by atoms with Gasteiger partial charge in [0.05, 0.1) is 11.0 Å². The number of benzene rings is 1. The maximum Gasteiger partial charge on any atom is 0.111 e. The molecule has 4 heteroatoms. The first-order valence-electron chi connectivity index (χ1n) is 6.96. The summed E-state index contributed by atoms with van der Waals surface area (Å²) in [6, 6.07) is 8.33. The van der Waals surface area contributed by atoms with Crippen LogP contribution in [0.1, 0.15) is 25.6 Å². The van der Waals surface area contributed by atoms with Gasteiger partial charge in [-0.25, -0.2) is 4.98 Å². The molecule has 104 valence electrons. The van der Waals surface area contributed by atoms with Crippen molar-refractivity contribution < 1.29 is 4.74 Å². The van der Waals surface area contributed by atoms with Crippen molar-refractivity contribution in [2.24, 2.45) is 12.8 Å². The van der Waals surface area contributed by atoms with Crippen LogP contribution in [0.25, 0.3) is 11.0 Å². The van der Waals surface area contributed by atoms with E-state index in [2.05, 4.69) is 22.7 Å². The zero-order valence-corrected chi connectivity index (χ0v) is 11.8. The molecule has 0 amide bonds. The molecule has 0 aliphatic carbocycles. The summed E-state index contributed by atoms with van der Waals surface area (Å²) in [6.45, 7) is 3.59. The Bertz CT molecular complexity index is 521. The fourth-order valence-corrected chi connectivity index (χ4v) is 2.31. The number of aryl methyl sites for hydroxylation is 1. The van der Waals surface area contributed by atoms with Gasteiger partial charge in [0.15, 0.2) is 0 Å². The van der Waals surface area contributed by atoms with Crippen LogP contribution in [0.15, 0.2) is 24.3 Å². The predicted octanol–water partition coefficient (Wildman–Crippen LogP) is 2.26. The summed E-state index contributed by atoms with van der Waals surface area (Å²) in [5.41, 5.74) is 8.38. The first-order valence-corrected chi connectivity index (χ1v) is 6.96. The predicted molar refractivity (Wildman–Crippen MR) is 78.1 cm³/mol. The van der Waals surface area contributed by atoms with Crippen molar-refractivity contribution in [3.8, 4) is 0 Å². The van der Waals surface area contributed by atoms with Gasteiger partial charge in [-0.05, 0) is 31.9 Å². The van der Waals surface area contributed by atoms with Crippen molar-refractivity contribution in [2.75, 3.05) is 13.2 Å². The Morgan fingerprint density at radius 1 is 1.37 bits per heavy atom. The topological polar surface area (TPSA) is 53.1 Å². The molecule has 0 bridgehead atoms. The molecule has 0 spiro atoms. The van der Waals surface area contributed by atoms with Crippen molar-refractivity contribution in [1.29, 1.82) is 0 Å². The van der Waals surface area contributed by atoms with Gasteiger partial charge in [0, 0.05) is 32.7 Å². The Labute approximate surface area is 114 Å². The van der Waals surface area contributed by atoms with E-state index in [9.17, 15) is 0 Å². The monoisotopic (exact) mass is 261 g/mol. The third-order valence-electron chi connectivity index (χ3n) is 3.39. The molecule has 1 atom stereocenters. The number of fused-ring (bicyclic) bond motifs is 1. The second kappa shape index (κ2) is 6.68. The van der Waals surface area contributed by atoms with E-state index in [1.54, 1.807) is 0 Å². The quantitative estimate of drug-likeness (QED) is 0.778. The number of ether oxygens (including phenoxy) is 1. The van der Waals surface area contributed by atoms with Gasteiger partial charge in [-0.2, -0.15) is 0 Å². The average molecular weight is 261 g/mol. The molecule has 19 heavy (non-hydrogen) atoms. The lowest BCUT2D eigenvalue weighted by Gasteiger charge is -2.11. The molecule has 0 aliphatic rings. The molecule has 2 rings (SSSR count). The van der Waals surface area contributed by atoms with Crippen LogP contribution in [0, 0.1) is 0 Å². The number of imidazole rings is 1. The lowest BCUT2D eigenvalue weighted by molar-refractivity contribution is 0.142. The first kappa shape index (κ1) is 14.0. The maximum atomic E-state index is 6.17. The molecule has 0 aliphatic heterocycles. The van der Waals surface area contributed by atoms with Gasteiger partial charge in [-0.3, -0.25) is 0 Å². The molecule has 0 radical (unpaired) electrons. The summed E-state index contributed by atoms with van der Waals surface area (Å²) in [5.74, 6) is 1.06. The highest BCUT2D eigenvalue weighted by Crippen LogP contribution is 2.15. The van der Waals surface area contributed by atoms with Crippen molar-refractivity contribution in [3.63, 3.8) is 0 Å². The third kappa shape index (κ3) is 3.55. The zero-order valence-electron chi connectivity index (χ0n) is 11.8. The van der Waals surface area contributed by atoms with Gasteiger partial charge in [0.2, 0.25) is 0 Å². The normalized spacial score (nSPS) is 13.0. The number of nitrogens with two attached hydrogens (primary N) is 1. The smallest absolute Gasteiger partial charge is 0.111 e. The van der Waals surface area contributed by atoms with Crippen LogP contribution in [0.3, 0.4) is 0 Å². The third-order valence-corrected chi connectivity index (χ3v) is 3.39. The molecule has 1 heterocycles. The molecule has 2 aromatic rings. The summed E-state index contributed by atoms with van der Waals surface area (Å²) in [7, 11) is 2.05. The number of hydrogen-bond donors (Lipinski definition) is 1. The molecule has 2 N–H and O–H groups in total. The number of aromatic nitrogens is 2. The molecule has 1 aromatic heterocycles. The Hall–Kier alpha value is -1.39. The number of hydrogen-bond acceptors (Lipinski definition) is 3. The summed E-state index contributed by atoms with van der Waals surface area (Å²) in [5, 5.41) is 0. The number of rotatable bonds is 7. The highest BCUT2D eigenvalue weighted by atomic mass is 16.5. The van der Waals surface area contributed by atoms with E-state index in [1.165, 1.54) is 5.52 Å². The molecule has 1 unspecified atom stereocenters. The van der Waals surface area contributed by atoms with Gasteiger partial charge >= 0.3 is 0 Å². The van der Waals surface area contributed by atoms with Crippen LogP contribution in [0.4, 0.5) is 0 Å². The van der Waals surface area contributed by atoms with Gasteiger partial charge in [0.1, 0.15) is 5.82 Å². The highest BCUT2D eigenvalue weighted by Gasteiger charge is 2.11. The van der Waals surface area contributed by atoms with Crippen molar-refractivity contribution in [1.82, 2.24) is 9.55 Å². The van der Waals surface area contributed by atoms with Crippen LogP contribution in [-0.4, -0.2) is 28.8 Å². The minimum absolute atomic E-state index is 0.149. The fourth-order valence-electron chi connectivity index (χ4n) is 2.31. The largest absolute Gasteiger partial charge is 0.382 e. The van der Waals surface area contributed by atoms with E-state index in [0.29, 0.717) is 0 Å². The van der Waals surface area contributed by atoms with Crippen LogP contribution in [0.2, 0.25) is 0 Å². The number of nitrogens with zero attached hydrogens (tertiary/aromatic N) is 2. The van der Waals surface area contributed by atoms with E-state index in [1.807, 2.05) is 25.1 Å². The summed E-state index contributed by atoms with van der Waals surface area (Å²) >= 11 is 0. The van der Waals surface area contributed by atoms with E-state index in [-0.39, 0.29) is 6.04 Å². The molecule has 0 fully saturated rings. The van der Waals surface area contributed by atoms with Crippen molar-refractivity contribution in [3.05, 3.63) is 30.1 Å². The average Bonchev–Trinajstić information content (AvgIpc) is 2.72. The van der Waals surface area contributed by atoms with Crippen LogP contribution in [-0.2, 0) is 18.2 Å². The fraction of sp³-hybridized carbons (Fsp3) is 0.533. The molecule has 4 nitrogen and oxygen atoms in total. The van der Waals surface area contributed by atoms with Crippen molar-refractivity contribution in [2.45, 2.75) is 32.2 Å². The summed E-state index contributed by atoms with van der Waals surface area (Å²) in [4.78, 5) is 4.65. The standard InChI is InChI=1S/C15H23N3O/c1-3-19-10-6-7-12(16)11-15-17-13-8-4-5-9-14(13)18(15)2/h4-5,8-9,12H,3,6-7,10-11,16H2,1-2H3. The van der Waals surface area contributed by atoms with Crippen LogP contribution < -0.4 is 5.73 Å². The maximum absolute atomic E-state index is 6.17. The summed E-state index contributed by atoms with van der Waals surface area (Å²) < 4.78 is 7.47. The molecule has 0 saturated heterocycles. The van der Waals surface area contributed by atoms with E-state index in [4.69, 9.17) is 10.5 Å². The highest BCUT2D eigenvalue weighted by molar-refractivity contribution is 5.75. The SMILES string of the molecule is CCOCCCC(N)Cc1nc2ccccc2n1C. The van der Waals surface area contributed by atoms with Gasteiger partial charge in [-0.1, -0.05) is 12.1 Å². The Kier molecular flexibility index (Phi) is 4.93. The lowest BCUT2D eigenvalue weighted by atomic mass is 10.1. The zero-order chi connectivity index (χ0) is 13.7. The van der Waals surface area contributed by atoms with Gasteiger partial charge < -0.3 is 15.0 Å². The second-order valence-corrected chi connectivity index (χ2v) is 4.88. The second-order valence-electron chi connectivity index (χ2n) is 4.88. The lowest BCUT2D eigenvalue weighted by Crippen LogP contribution is -2.24. The van der Waals surface area contributed by atoms with Crippen molar-refractivity contribution >= 4 is 11.0 Å².